The Morgan fingerprint density at radius 2 is 1.84 bits per heavy atom. The van der Waals surface area contributed by atoms with Gasteiger partial charge in [-0.1, -0.05) is 12.8 Å². The standard InChI is InChI=1S/C20H28N2O3/c1-13(2)21-19(23)11-16-15-10-18(25-4)17(24-3)9-14(15)12-20(22-16)7-5-6-8-20/h9-10,13H,5-8,11-12H2,1-4H3,(H,21,23). The molecular formula is C20H28N2O3. The van der Waals surface area contributed by atoms with Crippen molar-refractivity contribution in [3.63, 3.8) is 0 Å². The largest absolute Gasteiger partial charge is 0.493 e. The maximum atomic E-state index is 12.4. The molecule has 0 radical (unpaired) electrons. The van der Waals surface area contributed by atoms with Crippen LogP contribution in [0.1, 0.15) is 57.1 Å². The van der Waals surface area contributed by atoms with Gasteiger partial charge in [0.15, 0.2) is 11.5 Å². The van der Waals surface area contributed by atoms with Gasteiger partial charge in [0, 0.05) is 11.6 Å². The average molecular weight is 344 g/mol. The summed E-state index contributed by atoms with van der Waals surface area (Å²) in [6.45, 7) is 3.95. The molecule has 1 saturated carbocycles. The van der Waals surface area contributed by atoms with Gasteiger partial charge in [-0.3, -0.25) is 9.79 Å². The van der Waals surface area contributed by atoms with E-state index in [9.17, 15) is 4.79 Å². The van der Waals surface area contributed by atoms with E-state index in [-0.39, 0.29) is 17.5 Å². The van der Waals surface area contributed by atoms with Crippen LogP contribution in [0, 0.1) is 0 Å². The van der Waals surface area contributed by atoms with E-state index < -0.39 is 0 Å². The van der Waals surface area contributed by atoms with E-state index in [1.165, 1.54) is 18.4 Å². The minimum absolute atomic E-state index is 0.0181. The first kappa shape index (κ1) is 17.8. The molecule has 5 nitrogen and oxygen atoms in total. The quantitative estimate of drug-likeness (QED) is 0.892. The van der Waals surface area contributed by atoms with Crippen LogP contribution in [-0.2, 0) is 11.2 Å². The van der Waals surface area contributed by atoms with Gasteiger partial charge < -0.3 is 14.8 Å². The third kappa shape index (κ3) is 3.65. The van der Waals surface area contributed by atoms with Gasteiger partial charge in [-0.05, 0) is 50.8 Å². The summed E-state index contributed by atoms with van der Waals surface area (Å²) in [6.07, 6.45) is 5.82. The van der Waals surface area contributed by atoms with Crippen LogP contribution in [0.4, 0.5) is 0 Å². The summed E-state index contributed by atoms with van der Waals surface area (Å²) in [4.78, 5) is 17.5. The molecule has 1 aromatic rings. The summed E-state index contributed by atoms with van der Waals surface area (Å²) in [6, 6.07) is 4.16. The number of aliphatic imine (C=N–C) groups is 1. The van der Waals surface area contributed by atoms with E-state index in [0.717, 1.165) is 36.3 Å². The molecule has 0 bridgehead atoms. The lowest BCUT2D eigenvalue weighted by Crippen LogP contribution is -2.36. The Hall–Kier alpha value is -2.04. The predicted octanol–water partition coefficient (Wildman–Crippen LogP) is 3.28. The predicted molar refractivity (Wildman–Crippen MR) is 98.9 cm³/mol. The zero-order chi connectivity index (χ0) is 18.0. The fourth-order valence-electron chi connectivity index (χ4n) is 4.06. The van der Waals surface area contributed by atoms with E-state index in [1.54, 1.807) is 14.2 Å². The van der Waals surface area contributed by atoms with E-state index >= 15 is 0 Å². The lowest BCUT2D eigenvalue weighted by Gasteiger charge is -2.32. The average Bonchev–Trinajstić information content (AvgIpc) is 3.00. The Bertz CT molecular complexity index is 688. The van der Waals surface area contributed by atoms with Crippen LogP contribution in [0.2, 0.25) is 0 Å². The number of nitrogens with one attached hydrogen (secondary N) is 1. The molecule has 1 fully saturated rings. The molecule has 0 saturated heterocycles. The van der Waals surface area contributed by atoms with Crippen LogP contribution in [0.15, 0.2) is 17.1 Å². The molecule has 136 valence electrons. The highest BCUT2D eigenvalue weighted by atomic mass is 16.5. The SMILES string of the molecule is COc1cc2c(cc1OC)C(CC(=O)NC(C)C)=NC1(CCCC1)C2. The second-order valence-corrected chi connectivity index (χ2v) is 7.43. The van der Waals surface area contributed by atoms with Gasteiger partial charge in [-0.2, -0.15) is 0 Å². The molecule has 0 aromatic heterocycles. The van der Waals surface area contributed by atoms with Crippen molar-refractivity contribution in [3.05, 3.63) is 23.3 Å². The molecule has 1 aliphatic heterocycles. The monoisotopic (exact) mass is 344 g/mol. The van der Waals surface area contributed by atoms with Crippen molar-refractivity contribution in [1.82, 2.24) is 5.32 Å². The number of carbonyl (C=O) groups is 1. The zero-order valence-electron chi connectivity index (χ0n) is 15.6. The lowest BCUT2D eigenvalue weighted by atomic mass is 9.82. The van der Waals surface area contributed by atoms with Crippen LogP contribution in [0.5, 0.6) is 11.5 Å². The Morgan fingerprint density at radius 1 is 1.20 bits per heavy atom. The molecule has 1 N–H and O–H groups in total. The number of hydrogen-bond donors (Lipinski definition) is 1. The molecule has 0 atom stereocenters. The third-order valence-corrected chi connectivity index (χ3v) is 5.12. The van der Waals surface area contributed by atoms with Crippen LogP contribution in [-0.4, -0.2) is 37.4 Å². The van der Waals surface area contributed by atoms with Crippen molar-refractivity contribution in [2.24, 2.45) is 4.99 Å². The minimum atomic E-state index is -0.0416. The highest BCUT2D eigenvalue weighted by Gasteiger charge is 2.38. The second kappa shape index (κ2) is 7.06. The Labute approximate surface area is 149 Å². The Kier molecular flexibility index (Phi) is 5.02. The number of carbonyl (C=O) groups excluding carboxylic acids is 1. The van der Waals surface area contributed by atoms with Crippen LogP contribution in [0.25, 0.3) is 0 Å². The van der Waals surface area contributed by atoms with Gasteiger partial charge in [0.1, 0.15) is 0 Å². The first-order valence-corrected chi connectivity index (χ1v) is 9.10. The van der Waals surface area contributed by atoms with E-state index in [1.807, 2.05) is 19.9 Å². The van der Waals surface area contributed by atoms with Gasteiger partial charge in [0.05, 0.1) is 31.9 Å². The molecule has 0 unspecified atom stereocenters. The maximum Gasteiger partial charge on any atom is 0.226 e. The Morgan fingerprint density at radius 3 is 2.44 bits per heavy atom. The highest BCUT2D eigenvalue weighted by molar-refractivity contribution is 6.12. The second-order valence-electron chi connectivity index (χ2n) is 7.43. The summed E-state index contributed by atoms with van der Waals surface area (Å²) < 4.78 is 10.9. The lowest BCUT2D eigenvalue weighted by molar-refractivity contribution is -0.120. The number of rotatable bonds is 5. The van der Waals surface area contributed by atoms with Crippen LogP contribution >= 0.6 is 0 Å². The Balaban J connectivity index is 2.01. The number of amides is 1. The van der Waals surface area contributed by atoms with Crippen molar-refractivity contribution < 1.29 is 14.3 Å². The van der Waals surface area contributed by atoms with E-state index in [0.29, 0.717) is 12.2 Å². The van der Waals surface area contributed by atoms with Crippen molar-refractivity contribution in [1.29, 1.82) is 0 Å². The number of fused-ring (bicyclic) bond motifs is 1. The number of hydrogen-bond acceptors (Lipinski definition) is 4. The molecule has 3 rings (SSSR count). The van der Waals surface area contributed by atoms with Gasteiger partial charge >= 0.3 is 0 Å². The fraction of sp³-hybridized carbons (Fsp3) is 0.600. The highest BCUT2D eigenvalue weighted by Crippen LogP contribution is 2.43. The summed E-state index contributed by atoms with van der Waals surface area (Å²) in [5, 5.41) is 2.98. The topological polar surface area (TPSA) is 59.9 Å². The summed E-state index contributed by atoms with van der Waals surface area (Å²) in [5.41, 5.74) is 3.07. The third-order valence-electron chi connectivity index (χ3n) is 5.12. The van der Waals surface area contributed by atoms with Gasteiger partial charge in [-0.25, -0.2) is 0 Å². The first-order valence-electron chi connectivity index (χ1n) is 9.10. The van der Waals surface area contributed by atoms with Gasteiger partial charge in [0.2, 0.25) is 5.91 Å². The summed E-state index contributed by atoms with van der Waals surface area (Å²) in [7, 11) is 3.29. The zero-order valence-corrected chi connectivity index (χ0v) is 15.6. The molecule has 5 heteroatoms. The number of ether oxygens (including phenoxy) is 2. The van der Waals surface area contributed by atoms with Crippen molar-refractivity contribution in [2.75, 3.05) is 14.2 Å². The van der Waals surface area contributed by atoms with Crippen molar-refractivity contribution >= 4 is 11.6 Å². The van der Waals surface area contributed by atoms with E-state index in [2.05, 4.69) is 11.4 Å². The van der Waals surface area contributed by atoms with Gasteiger partial charge in [0.25, 0.3) is 0 Å². The molecule has 25 heavy (non-hydrogen) atoms. The maximum absolute atomic E-state index is 12.4. The van der Waals surface area contributed by atoms with Crippen molar-refractivity contribution in [2.45, 2.75) is 64.0 Å². The van der Waals surface area contributed by atoms with Gasteiger partial charge in [-0.15, -0.1) is 0 Å². The molecule has 1 aliphatic carbocycles. The first-order chi connectivity index (χ1) is 12.0. The fourth-order valence-corrected chi connectivity index (χ4v) is 4.06. The molecule has 1 spiro atoms. The molecule has 1 aromatic carbocycles. The molecule has 1 heterocycles. The number of nitrogens with zero attached hydrogens (tertiary/aromatic N) is 1. The van der Waals surface area contributed by atoms with Crippen LogP contribution in [0.3, 0.4) is 0 Å². The number of benzene rings is 1. The van der Waals surface area contributed by atoms with Crippen LogP contribution < -0.4 is 14.8 Å². The smallest absolute Gasteiger partial charge is 0.226 e. The van der Waals surface area contributed by atoms with E-state index in [4.69, 9.17) is 14.5 Å². The van der Waals surface area contributed by atoms with Crippen molar-refractivity contribution in [3.8, 4) is 11.5 Å². The minimum Gasteiger partial charge on any atom is -0.493 e. The molecule has 1 amide bonds. The molecule has 2 aliphatic rings. The molecular weight excluding hydrogens is 316 g/mol. The summed E-state index contributed by atoms with van der Waals surface area (Å²) >= 11 is 0. The number of methoxy groups -OCH3 is 2. The normalized spacial score (nSPS) is 18.0. The summed E-state index contributed by atoms with van der Waals surface area (Å²) in [5.74, 6) is 1.44.